The van der Waals surface area contributed by atoms with Gasteiger partial charge in [-0.25, -0.2) is 4.79 Å². The highest BCUT2D eigenvalue weighted by Crippen LogP contribution is 2.45. The van der Waals surface area contributed by atoms with Gasteiger partial charge in [-0.1, -0.05) is 58.4 Å². The van der Waals surface area contributed by atoms with Gasteiger partial charge in [-0.3, -0.25) is 4.90 Å². The van der Waals surface area contributed by atoms with Crippen molar-refractivity contribution in [2.75, 3.05) is 0 Å². The standard InChI is InChI=1S/C18H18BrNO2/c19-16-8-6-14(7-9-16)12-18(10-11-18)20(17(21)22)13-15-4-2-1-3-5-15/h1-9H,10-13H2,(H,21,22). The largest absolute Gasteiger partial charge is 0.465 e. The molecule has 1 saturated carbocycles. The lowest BCUT2D eigenvalue weighted by Crippen LogP contribution is -2.42. The second-order valence-electron chi connectivity index (χ2n) is 5.88. The van der Waals surface area contributed by atoms with Crippen molar-refractivity contribution >= 4 is 22.0 Å². The van der Waals surface area contributed by atoms with Gasteiger partial charge in [-0.05, 0) is 42.5 Å². The Morgan fingerprint density at radius 1 is 1.05 bits per heavy atom. The van der Waals surface area contributed by atoms with Gasteiger partial charge in [0.05, 0.1) is 5.54 Å². The van der Waals surface area contributed by atoms with Crippen LogP contribution in [0.5, 0.6) is 0 Å². The molecule has 1 aliphatic carbocycles. The molecular formula is C18H18BrNO2. The molecule has 1 amide bonds. The lowest BCUT2D eigenvalue weighted by molar-refractivity contribution is 0.112. The Hall–Kier alpha value is -1.81. The average Bonchev–Trinajstić information content (AvgIpc) is 3.28. The summed E-state index contributed by atoms with van der Waals surface area (Å²) in [4.78, 5) is 13.4. The zero-order valence-electron chi connectivity index (χ0n) is 12.2. The molecule has 0 saturated heterocycles. The van der Waals surface area contributed by atoms with Crippen LogP contribution in [0.25, 0.3) is 0 Å². The van der Waals surface area contributed by atoms with Crippen molar-refractivity contribution in [1.29, 1.82) is 0 Å². The van der Waals surface area contributed by atoms with Gasteiger partial charge in [0.1, 0.15) is 0 Å². The van der Waals surface area contributed by atoms with Gasteiger partial charge >= 0.3 is 6.09 Å². The number of hydrogen-bond donors (Lipinski definition) is 1. The summed E-state index contributed by atoms with van der Waals surface area (Å²) < 4.78 is 1.04. The fourth-order valence-electron chi connectivity index (χ4n) is 2.87. The van der Waals surface area contributed by atoms with E-state index < -0.39 is 6.09 Å². The van der Waals surface area contributed by atoms with E-state index >= 15 is 0 Å². The van der Waals surface area contributed by atoms with Crippen molar-refractivity contribution in [3.05, 3.63) is 70.2 Å². The summed E-state index contributed by atoms with van der Waals surface area (Å²) in [5.74, 6) is 0. The molecule has 3 rings (SSSR count). The molecule has 1 fully saturated rings. The molecule has 22 heavy (non-hydrogen) atoms. The molecule has 114 valence electrons. The van der Waals surface area contributed by atoms with Crippen molar-refractivity contribution in [2.45, 2.75) is 31.3 Å². The maximum absolute atomic E-state index is 11.8. The first-order valence-electron chi connectivity index (χ1n) is 7.38. The van der Waals surface area contributed by atoms with Gasteiger partial charge in [0, 0.05) is 11.0 Å². The van der Waals surface area contributed by atoms with Crippen LogP contribution in [-0.4, -0.2) is 21.6 Å². The Kier molecular flexibility index (Phi) is 4.21. The molecule has 4 heteroatoms. The van der Waals surface area contributed by atoms with Gasteiger partial charge in [-0.2, -0.15) is 0 Å². The van der Waals surface area contributed by atoms with E-state index in [1.54, 1.807) is 4.90 Å². The summed E-state index contributed by atoms with van der Waals surface area (Å²) in [6.07, 6.45) is 1.81. The molecule has 2 aromatic rings. The van der Waals surface area contributed by atoms with Crippen LogP contribution in [0.15, 0.2) is 59.1 Å². The molecule has 0 spiro atoms. The first kappa shape index (κ1) is 15.1. The third-order valence-corrected chi connectivity index (χ3v) is 4.79. The Labute approximate surface area is 138 Å². The minimum atomic E-state index is -0.835. The van der Waals surface area contributed by atoms with Crippen molar-refractivity contribution in [3.63, 3.8) is 0 Å². The van der Waals surface area contributed by atoms with E-state index in [1.807, 2.05) is 42.5 Å². The van der Waals surface area contributed by atoms with Crippen molar-refractivity contribution in [1.82, 2.24) is 4.90 Å². The molecule has 0 atom stereocenters. The first-order valence-corrected chi connectivity index (χ1v) is 8.17. The van der Waals surface area contributed by atoms with E-state index in [2.05, 4.69) is 28.1 Å². The number of nitrogens with zero attached hydrogens (tertiary/aromatic N) is 1. The fraction of sp³-hybridized carbons (Fsp3) is 0.278. The predicted octanol–water partition coefficient (Wildman–Crippen LogP) is 4.70. The minimum absolute atomic E-state index is 0.241. The van der Waals surface area contributed by atoms with Gasteiger partial charge < -0.3 is 5.11 Å². The van der Waals surface area contributed by atoms with Crippen LogP contribution in [0.1, 0.15) is 24.0 Å². The van der Waals surface area contributed by atoms with Crippen molar-refractivity contribution in [3.8, 4) is 0 Å². The summed E-state index contributed by atoms with van der Waals surface area (Å²) in [5, 5.41) is 9.65. The summed E-state index contributed by atoms with van der Waals surface area (Å²) >= 11 is 3.43. The lowest BCUT2D eigenvalue weighted by atomic mass is 10.0. The number of benzene rings is 2. The molecule has 3 nitrogen and oxygen atoms in total. The summed E-state index contributed by atoms with van der Waals surface area (Å²) in [6.45, 7) is 0.451. The van der Waals surface area contributed by atoms with Crippen LogP contribution < -0.4 is 0 Å². The predicted molar refractivity (Wildman–Crippen MR) is 89.8 cm³/mol. The van der Waals surface area contributed by atoms with Crippen LogP contribution in [0.4, 0.5) is 4.79 Å². The van der Waals surface area contributed by atoms with E-state index in [-0.39, 0.29) is 5.54 Å². The maximum Gasteiger partial charge on any atom is 0.408 e. The SMILES string of the molecule is O=C(O)N(Cc1ccccc1)C1(Cc2ccc(Br)cc2)CC1. The molecule has 0 aliphatic heterocycles. The average molecular weight is 360 g/mol. The first-order chi connectivity index (χ1) is 10.6. The van der Waals surface area contributed by atoms with Gasteiger partial charge in [-0.15, -0.1) is 0 Å². The monoisotopic (exact) mass is 359 g/mol. The highest BCUT2D eigenvalue weighted by Gasteiger charge is 2.50. The summed E-state index contributed by atoms with van der Waals surface area (Å²) in [7, 11) is 0. The zero-order chi connectivity index (χ0) is 15.6. The van der Waals surface area contributed by atoms with Gasteiger partial charge in [0.2, 0.25) is 0 Å². The highest BCUT2D eigenvalue weighted by molar-refractivity contribution is 9.10. The normalized spacial score (nSPS) is 15.3. The molecule has 2 aromatic carbocycles. The van der Waals surface area contributed by atoms with Gasteiger partial charge in [0.25, 0.3) is 0 Å². The van der Waals surface area contributed by atoms with E-state index in [1.165, 1.54) is 5.56 Å². The summed E-state index contributed by atoms with van der Waals surface area (Å²) in [6, 6.07) is 17.9. The van der Waals surface area contributed by atoms with Gasteiger partial charge in [0.15, 0.2) is 0 Å². The van der Waals surface area contributed by atoms with Crippen molar-refractivity contribution < 1.29 is 9.90 Å². The molecule has 0 radical (unpaired) electrons. The number of amides is 1. The van der Waals surface area contributed by atoms with Crippen LogP contribution >= 0.6 is 15.9 Å². The molecule has 0 unspecified atom stereocenters. The molecule has 1 aliphatic rings. The van der Waals surface area contributed by atoms with Crippen LogP contribution in [0.2, 0.25) is 0 Å². The Morgan fingerprint density at radius 2 is 1.68 bits per heavy atom. The van der Waals surface area contributed by atoms with Crippen LogP contribution in [0.3, 0.4) is 0 Å². The number of hydrogen-bond acceptors (Lipinski definition) is 1. The molecule has 0 heterocycles. The molecular weight excluding hydrogens is 342 g/mol. The Balaban J connectivity index is 1.78. The van der Waals surface area contributed by atoms with E-state index in [0.29, 0.717) is 6.54 Å². The van der Waals surface area contributed by atoms with E-state index in [9.17, 15) is 9.90 Å². The topological polar surface area (TPSA) is 40.5 Å². The fourth-order valence-corrected chi connectivity index (χ4v) is 3.14. The highest BCUT2D eigenvalue weighted by atomic mass is 79.9. The quantitative estimate of drug-likeness (QED) is 0.839. The Morgan fingerprint density at radius 3 is 2.23 bits per heavy atom. The van der Waals surface area contributed by atoms with Crippen LogP contribution in [0, 0.1) is 0 Å². The number of halogens is 1. The van der Waals surface area contributed by atoms with Crippen molar-refractivity contribution in [2.24, 2.45) is 0 Å². The molecule has 1 N–H and O–H groups in total. The second kappa shape index (κ2) is 6.13. The number of carboxylic acid groups (broad SMARTS) is 1. The van der Waals surface area contributed by atoms with Crippen LogP contribution in [-0.2, 0) is 13.0 Å². The zero-order valence-corrected chi connectivity index (χ0v) is 13.8. The maximum atomic E-state index is 11.8. The third-order valence-electron chi connectivity index (χ3n) is 4.26. The summed E-state index contributed by atoms with van der Waals surface area (Å²) in [5.41, 5.74) is 1.97. The smallest absolute Gasteiger partial charge is 0.408 e. The van der Waals surface area contributed by atoms with E-state index in [4.69, 9.17) is 0 Å². The molecule has 0 bridgehead atoms. The van der Waals surface area contributed by atoms with E-state index in [0.717, 1.165) is 29.3 Å². The Bertz CT molecular complexity index is 651. The number of carbonyl (C=O) groups is 1. The third kappa shape index (κ3) is 3.33. The molecule has 0 aromatic heterocycles. The second-order valence-corrected chi connectivity index (χ2v) is 6.80. The lowest BCUT2D eigenvalue weighted by Gasteiger charge is -2.30. The number of rotatable bonds is 5. The minimum Gasteiger partial charge on any atom is -0.465 e.